The number of aromatic nitrogens is 4. The lowest BCUT2D eigenvalue weighted by Crippen LogP contribution is -2.58. The van der Waals surface area contributed by atoms with E-state index >= 15 is 0 Å². The molecule has 4 aromatic rings. The quantitative estimate of drug-likeness (QED) is 0.268. The van der Waals surface area contributed by atoms with E-state index < -0.39 is 23.2 Å². The molecule has 11 nitrogen and oxygen atoms in total. The number of hydrogen-bond donors (Lipinski definition) is 5. The van der Waals surface area contributed by atoms with Crippen LogP contribution in [0.5, 0.6) is 0 Å². The second-order valence-electron chi connectivity index (χ2n) is 9.19. The van der Waals surface area contributed by atoms with E-state index in [1.807, 2.05) is 54.6 Å². The number of rotatable bonds is 2. The Bertz CT molecular complexity index is 1670. The zero-order chi connectivity index (χ0) is 24.6. The van der Waals surface area contributed by atoms with Crippen LogP contribution in [-0.4, -0.2) is 48.9 Å². The monoisotopic (exact) mass is 480 g/mol. The molecule has 2 amide bonds. The van der Waals surface area contributed by atoms with Gasteiger partial charge in [-0.3, -0.25) is 19.4 Å². The van der Waals surface area contributed by atoms with Crippen molar-refractivity contribution < 1.29 is 9.59 Å². The van der Waals surface area contributed by atoms with Crippen LogP contribution in [0.1, 0.15) is 23.4 Å². The minimum absolute atomic E-state index is 0.0429. The Hall–Kier alpha value is -4.93. The number of nitrogens with two attached hydrogens (primary N) is 1. The van der Waals surface area contributed by atoms with Crippen molar-refractivity contribution >= 4 is 40.7 Å². The van der Waals surface area contributed by atoms with Gasteiger partial charge in [0.25, 0.3) is 11.5 Å². The summed E-state index contributed by atoms with van der Waals surface area (Å²) >= 11 is 0. The van der Waals surface area contributed by atoms with Gasteiger partial charge in [-0.1, -0.05) is 48.5 Å². The van der Waals surface area contributed by atoms with Crippen LogP contribution in [-0.2, 0) is 15.0 Å². The van der Waals surface area contributed by atoms with Crippen LogP contribution in [0.2, 0.25) is 0 Å². The number of aromatic amines is 2. The van der Waals surface area contributed by atoms with Gasteiger partial charge in [0.15, 0.2) is 11.2 Å². The molecule has 178 valence electrons. The van der Waals surface area contributed by atoms with E-state index in [1.165, 1.54) is 0 Å². The molecule has 2 aromatic heterocycles. The fraction of sp³-hybridized carbons (Fsp3) is 0.160. The summed E-state index contributed by atoms with van der Waals surface area (Å²) in [5, 5.41) is 6.25. The molecule has 3 aliphatic heterocycles. The molecule has 36 heavy (non-hydrogen) atoms. The molecule has 3 aliphatic rings. The van der Waals surface area contributed by atoms with Crippen LogP contribution in [0.4, 0.5) is 11.6 Å². The van der Waals surface area contributed by atoms with Crippen molar-refractivity contribution in [3.05, 3.63) is 87.6 Å². The van der Waals surface area contributed by atoms with E-state index in [9.17, 15) is 14.4 Å². The van der Waals surface area contributed by atoms with E-state index in [0.29, 0.717) is 5.82 Å². The highest BCUT2D eigenvalue weighted by atomic mass is 16.2. The number of imidazole rings is 1. The number of nitrogen functional groups attached to an aromatic ring is 1. The largest absolute Gasteiger partial charge is 0.369 e. The lowest BCUT2D eigenvalue weighted by atomic mass is 9.77. The van der Waals surface area contributed by atoms with Gasteiger partial charge in [0.05, 0.1) is 5.41 Å². The van der Waals surface area contributed by atoms with Gasteiger partial charge in [-0.05, 0) is 29.7 Å². The molecule has 0 bridgehead atoms. The number of carbonyl (C=O) groups excluding carboxylic acids is 2. The maximum atomic E-state index is 13.8. The van der Waals surface area contributed by atoms with Crippen molar-refractivity contribution in [3.8, 4) is 0 Å². The summed E-state index contributed by atoms with van der Waals surface area (Å²) in [5.41, 5.74) is 7.44. The fourth-order valence-corrected chi connectivity index (χ4v) is 5.72. The van der Waals surface area contributed by atoms with Crippen molar-refractivity contribution in [2.45, 2.75) is 24.0 Å². The molecule has 5 heterocycles. The van der Waals surface area contributed by atoms with Crippen molar-refractivity contribution in [2.75, 3.05) is 11.1 Å². The van der Waals surface area contributed by atoms with Gasteiger partial charge in [0, 0.05) is 5.69 Å². The number of hydrogen-bond acceptors (Lipinski definition) is 7. The first-order valence-corrected chi connectivity index (χ1v) is 11.5. The summed E-state index contributed by atoms with van der Waals surface area (Å²) in [6, 6.07) is 16.3. The minimum atomic E-state index is -0.918. The van der Waals surface area contributed by atoms with E-state index in [2.05, 4.69) is 30.6 Å². The van der Waals surface area contributed by atoms with Crippen LogP contribution in [0.3, 0.4) is 0 Å². The molecule has 7 rings (SSSR count). The normalized spacial score (nSPS) is 25.4. The fourth-order valence-electron chi connectivity index (χ4n) is 5.72. The molecule has 2 aromatic carbocycles. The lowest BCUT2D eigenvalue weighted by molar-refractivity contribution is -0.141. The van der Waals surface area contributed by atoms with Crippen molar-refractivity contribution in [3.63, 3.8) is 0 Å². The van der Waals surface area contributed by atoms with Gasteiger partial charge in [-0.15, -0.1) is 0 Å². The van der Waals surface area contributed by atoms with Gasteiger partial charge in [0.2, 0.25) is 11.9 Å². The van der Waals surface area contributed by atoms with Crippen LogP contribution < -0.4 is 21.9 Å². The molecular formula is C25H20N8O3. The number of para-hydroxylation sites is 1. The smallest absolute Gasteiger partial charge is 0.278 e. The second-order valence-corrected chi connectivity index (χ2v) is 9.19. The van der Waals surface area contributed by atoms with Crippen LogP contribution >= 0.6 is 0 Å². The third kappa shape index (κ3) is 2.64. The average Bonchev–Trinajstić information content (AvgIpc) is 3.53. The maximum Gasteiger partial charge on any atom is 0.278 e. The summed E-state index contributed by atoms with van der Waals surface area (Å²) in [4.78, 5) is 55.7. The highest BCUT2D eigenvalue weighted by Gasteiger charge is 2.64. The number of nitrogens with one attached hydrogen (secondary N) is 4. The molecule has 2 saturated heterocycles. The van der Waals surface area contributed by atoms with Gasteiger partial charge < -0.3 is 26.3 Å². The number of carbonyl (C=O) groups is 2. The van der Waals surface area contributed by atoms with Crippen LogP contribution in [0, 0.1) is 0 Å². The van der Waals surface area contributed by atoms with Crippen LogP contribution in [0.25, 0.3) is 17.2 Å². The minimum Gasteiger partial charge on any atom is -0.369 e. The number of H-pyrrole nitrogens is 2. The molecule has 0 radical (unpaired) electrons. The Morgan fingerprint density at radius 2 is 1.78 bits per heavy atom. The number of piperazine rings is 1. The predicted octanol–water partition coefficient (Wildman–Crippen LogP) is 1.04. The van der Waals surface area contributed by atoms with Gasteiger partial charge >= 0.3 is 0 Å². The molecule has 3 unspecified atom stereocenters. The Morgan fingerprint density at radius 3 is 2.61 bits per heavy atom. The first-order valence-electron chi connectivity index (χ1n) is 11.5. The highest BCUT2D eigenvalue weighted by molar-refractivity contribution is 6.08. The van der Waals surface area contributed by atoms with E-state index in [0.717, 1.165) is 16.8 Å². The zero-order valence-corrected chi connectivity index (χ0v) is 18.8. The van der Waals surface area contributed by atoms with E-state index in [-0.39, 0.29) is 41.0 Å². The SMILES string of the molecule is Nc1nc2nc(C34CC5C(=O)NC(=Cc6ccccc6)C(=O)N5C3Nc3ccccc34)[nH]c2c(=O)[nH]1. The first-order chi connectivity index (χ1) is 17.5. The molecule has 0 aliphatic carbocycles. The summed E-state index contributed by atoms with van der Waals surface area (Å²) in [7, 11) is 0. The summed E-state index contributed by atoms with van der Waals surface area (Å²) < 4.78 is 0. The Labute approximate surface area is 203 Å². The van der Waals surface area contributed by atoms with Gasteiger partial charge in [-0.2, -0.15) is 4.98 Å². The summed E-state index contributed by atoms with van der Waals surface area (Å²) in [5.74, 6) is -0.182. The highest BCUT2D eigenvalue weighted by Crippen LogP contribution is 2.54. The van der Waals surface area contributed by atoms with Crippen LogP contribution in [0.15, 0.2) is 65.1 Å². The Morgan fingerprint density at radius 1 is 1.00 bits per heavy atom. The van der Waals surface area contributed by atoms with E-state index in [4.69, 9.17) is 5.73 Å². The van der Waals surface area contributed by atoms with Crippen molar-refractivity contribution in [2.24, 2.45) is 0 Å². The predicted molar refractivity (Wildman–Crippen MR) is 131 cm³/mol. The molecule has 3 atom stereocenters. The number of amides is 2. The average molecular weight is 480 g/mol. The number of fused-ring (bicyclic) bond motifs is 6. The molecule has 0 saturated carbocycles. The number of anilines is 2. The third-order valence-corrected chi connectivity index (χ3v) is 7.23. The van der Waals surface area contributed by atoms with Crippen molar-refractivity contribution in [1.29, 1.82) is 0 Å². The second kappa shape index (κ2) is 7.04. The Balaban J connectivity index is 1.41. The molecule has 0 spiro atoms. The number of nitrogens with zero attached hydrogens (tertiary/aromatic N) is 3. The van der Waals surface area contributed by atoms with Gasteiger partial charge in [-0.25, -0.2) is 4.98 Å². The van der Waals surface area contributed by atoms with Crippen molar-refractivity contribution in [1.82, 2.24) is 30.2 Å². The topological polar surface area (TPSA) is 162 Å². The summed E-state index contributed by atoms with van der Waals surface area (Å²) in [6.45, 7) is 0. The first kappa shape index (κ1) is 20.4. The standard InChI is InChI=1S/C25H20N8O3/c26-24-31-18-17(20(35)32-24)29-22(30-18)25-11-16-19(34)27-15(10-12-6-2-1-3-7-12)21(36)33(16)23(25)28-14-9-5-4-8-13(14)25/h1-10,16,23,28H,11H2,(H,27,34)(H4,26,29,30,31,32,35). The molecule has 2 fully saturated rings. The number of benzene rings is 2. The molecule has 11 heteroatoms. The zero-order valence-electron chi connectivity index (χ0n) is 18.8. The molecule has 6 N–H and O–H groups in total. The van der Waals surface area contributed by atoms with Gasteiger partial charge in [0.1, 0.15) is 23.7 Å². The Kier molecular flexibility index (Phi) is 4.00. The van der Waals surface area contributed by atoms with E-state index in [1.54, 1.807) is 11.0 Å². The lowest BCUT2D eigenvalue weighted by Gasteiger charge is -2.35. The maximum absolute atomic E-state index is 13.8. The molecular weight excluding hydrogens is 460 g/mol. The summed E-state index contributed by atoms with van der Waals surface area (Å²) in [6.07, 6.45) is 1.33. The third-order valence-electron chi connectivity index (χ3n) is 7.23.